The van der Waals surface area contributed by atoms with Crippen LogP contribution in [0.3, 0.4) is 0 Å². The van der Waals surface area contributed by atoms with Crippen LogP contribution in [0.2, 0.25) is 0 Å². The maximum absolute atomic E-state index is 4.87. The van der Waals surface area contributed by atoms with E-state index in [1.807, 2.05) is 6.92 Å². The van der Waals surface area contributed by atoms with E-state index in [-0.39, 0.29) is 4.83 Å². The normalized spacial score (nSPS) is 13.0. The average Bonchev–Trinajstić information content (AvgIpc) is 1.38. The molecule has 1 heteroatoms. The maximum atomic E-state index is 4.87. The molecule has 0 spiro atoms. The molecule has 0 nitrogen and oxygen atoms in total. The van der Waals surface area contributed by atoms with Crippen molar-refractivity contribution >= 4 is 15.9 Å². The molecule has 0 aromatic heterocycles. The molecule has 0 saturated carbocycles. The third-order valence-electron chi connectivity index (χ3n) is 0.230. The number of terminal acetylenes is 1. The molecule has 0 bridgehead atoms. The number of hydrogen-bond acceptors (Lipinski definition) is 0. The Morgan fingerprint density at radius 1 is 2.00 bits per heavy atom. The lowest BCUT2D eigenvalue weighted by Gasteiger charge is -1.77. The quantitative estimate of drug-likeness (QED) is 0.346. The summed E-state index contributed by atoms with van der Waals surface area (Å²) in [5, 5.41) is 0. The fourth-order valence-electron chi connectivity index (χ4n) is 0. The van der Waals surface area contributed by atoms with E-state index in [1.165, 1.54) is 0 Å². The van der Waals surface area contributed by atoms with Crippen molar-refractivity contribution in [3.63, 3.8) is 0 Å². The van der Waals surface area contributed by atoms with Gasteiger partial charge in [0.15, 0.2) is 0 Å². The van der Waals surface area contributed by atoms with Gasteiger partial charge in [0.05, 0.1) is 4.83 Å². The molecule has 0 aromatic carbocycles. The molecule has 5 heavy (non-hydrogen) atoms. The van der Waals surface area contributed by atoms with Gasteiger partial charge < -0.3 is 0 Å². The van der Waals surface area contributed by atoms with Gasteiger partial charge in [0.1, 0.15) is 0 Å². The molecule has 0 aliphatic carbocycles. The molecule has 0 N–H and O–H groups in total. The predicted octanol–water partition coefficient (Wildman–Crippen LogP) is 1.40. The number of rotatable bonds is 0. The van der Waals surface area contributed by atoms with Gasteiger partial charge in [-0.1, -0.05) is 21.9 Å². The molecule has 0 fully saturated rings. The van der Waals surface area contributed by atoms with Gasteiger partial charge in [-0.3, -0.25) is 0 Å². The van der Waals surface area contributed by atoms with E-state index in [0.29, 0.717) is 0 Å². The van der Waals surface area contributed by atoms with Gasteiger partial charge in [-0.05, 0) is 6.92 Å². The Kier molecular flexibility index (Phi) is 2.31. The third kappa shape index (κ3) is 4.04. The van der Waals surface area contributed by atoms with Crippen LogP contribution < -0.4 is 0 Å². The summed E-state index contributed by atoms with van der Waals surface area (Å²) < 4.78 is 0. The number of alkyl halides is 1. The monoisotopic (exact) mass is 132 g/mol. The van der Waals surface area contributed by atoms with Gasteiger partial charge in [0.25, 0.3) is 0 Å². The average molecular weight is 133 g/mol. The van der Waals surface area contributed by atoms with Crippen LogP contribution in [0.1, 0.15) is 6.92 Å². The minimum atomic E-state index is 0.225. The Balaban J connectivity index is 2.94. The third-order valence-corrected chi connectivity index (χ3v) is 0.494. The van der Waals surface area contributed by atoms with Crippen molar-refractivity contribution in [1.29, 1.82) is 0 Å². The molecule has 0 aliphatic heterocycles. The van der Waals surface area contributed by atoms with E-state index >= 15 is 0 Å². The summed E-state index contributed by atoms with van der Waals surface area (Å²) in [5.74, 6) is 2.44. The molecule has 0 aliphatic rings. The van der Waals surface area contributed by atoms with Crippen LogP contribution in [-0.4, -0.2) is 4.83 Å². The van der Waals surface area contributed by atoms with Crippen molar-refractivity contribution in [2.24, 2.45) is 0 Å². The second-order valence-corrected chi connectivity index (χ2v) is 2.16. The first-order valence-electron chi connectivity index (χ1n) is 1.37. The van der Waals surface area contributed by atoms with Crippen LogP contribution in [0, 0.1) is 12.3 Å². The SMILES string of the molecule is C#CC(C)Br. The Morgan fingerprint density at radius 3 is 2.20 bits per heavy atom. The second kappa shape index (κ2) is 2.29. The standard InChI is InChI=1S/C4H5Br/c1-3-4(2)5/h1,4H,2H3. The highest BCUT2D eigenvalue weighted by molar-refractivity contribution is 9.09. The van der Waals surface area contributed by atoms with Gasteiger partial charge in [-0.15, -0.1) is 6.42 Å². The summed E-state index contributed by atoms with van der Waals surface area (Å²) in [6.45, 7) is 1.90. The van der Waals surface area contributed by atoms with Gasteiger partial charge in [-0.25, -0.2) is 0 Å². The summed E-state index contributed by atoms with van der Waals surface area (Å²) in [4.78, 5) is 0.225. The van der Waals surface area contributed by atoms with E-state index in [2.05, 4.69) is 21.9 Å². The van der Waals surface area contributed by atoms with Crippen molar-refractivity contribution in [3.8, 4) is 12.3 Å². The Bertz CT molecular complexity index is 49.2. The van der Waals surface area contributed by atoms with E-state index in [9.17, 15) is 0 Å². The Morgan fingerprint density at radius 2 is 2.20 bits per heavy atom. The highest BCUT2D eigenvalue weighted by atomic mass is 79.9. The van der Waals surface area contributed by atoms with Crippen molar-refractivity contribution in [3.05, 3.63) is 0 Å². The Labute approximate surface area is 40.7 Å². The van der Waals surface area contributed by atoms with Gasteiger partial charge in [-0.2, -0.15) is 0 Å². The lowest BCUT2D eigenvalue weighted by atomic mass is 10.5. The highest BCUT2D eigenvalue weighted by Crippen LogP contribution is 1.90. The van der Waals surface area contributed by atoms with Crippen molar-refractivity contribution in [2.45, 2.75) is 11.8 Å². The van der Waals surface area contributed by atoms with Gasteiger partial charge in [0, 0.05) is 0 Å². The zero-order chi connectivity index (χ0) is 4.28. The second-order valence-electron chi connectivity index (χ2n) is 0.783. The van der Waals surface area contributed by atoms with E-state index in [4.69, 9.17) is 6.42 Å². The highest BCUT2D eigenvalue weighted by Gasteiger charge is 1.77. The molecular weight excluding hydrogens is 128 g/mol. The summed E-state index contributed by atoms with van der Waals surface area (Å²) in [6, 6.07) is 0. The lowest BCUT2D eigenvalue weighted by molar-refractivity contribution is 1.33. The molecule has 1 unspecified atom stereocenters. The van der Waals surface area contributed by atoms with E-state index < -0.39 is 0 Å². The molecule has 0 aromatic rings. The maximum Gasteiger partial charge on any atom is 0.0724 e. The summed E-state index contributed by atoms with van der Waals surface area (Å²) in [5.41, 5.74) is 0. The molecule has 0 radical (unpaired) electrons. The predicted molar refractivity (Wildman–Crippen MR) is 27.2 cm³/mol. The summed E-state index contributed by atoms with van der Waals surface area (Å²) in [7, 11) is 0. The van der Waals surface area contributed by atoms with Crippen LogP contribution in [0.25, 0.3) is 0 Å². The first-order chi connectivity index (χ1) is 2.27. The molecule has 0 rings (SSSR count). The molecule has 0 heterocycles. The zero-order valence-corrected chi connectivity index (χ0v) is 4.62. The molecular formula is C4H5Br. The summed E-state index contributed by atoms with van der Waals surface area (Å²) >= 11 is 3.14. The van der Waals surface area contributed by atoms with Crippen LogP contribution in [0.4, 0.5) is 0 Å². The van der Waals surface area contributed by atoms with Crippen molar-refractivity contribution < 1.29 is 0 Å². The van der Waals surface area contributed by atoms with Gasteiger partial charge in [0.2, 0.25) is 0 Å². The fraction of sp³-hybridized carbons (Fsp3) is 0.500. The number of hydrogen-bond donors (Lipinski definition) is 0. The van der Waals surface area contributed by atoms with E-state index in [0.717, 1.165) is 0 Å². The molecule has 1 atom stereocenters. The summed E-state index contributed by atoms with van der Waals surface area (Å²) in [6.07, 6.45) is 4.87. The minimum absolute atomic E-state index is 0.225. The van der Waals surface area contributed by atoms with Crippen LogP contribution in [-0.2, 0) is 0 Å². The van der Waals surface area contributed by atoms with Crippen LogP contribution in [0.15, 0.2) is 0 Å². The molecule has 28 valence electrons. The van der Waals surface area contributed by atoms with Crippen LogP contribution >= 0.6 is 15.9 Å². The molecule has 0 amide bonds. The fourth-order valence-corrected chi connectivity index (χ4v) is 0. The van der Waals surface area contributed by atoms with Crippen molar-refractivity contribution in [1.82, 2.24) is 0 Å². The van der Waals surface area contributed by atoms with E-state index in [1.54, 1.807) is 0 Å². The lowest BCUT2D eigenvalue weighted by Crippen LogP contribution is -1.75. The topological polar surface area (TPSA) is 0 Å². The number of halogens is 1. The molecule has 0 saturated heterocycles. The smallest absolute Gasteiger partial charge is 0.0724 e. The Hall–Kier alpha value is 0.0400. The van der Waals surface area contributed by atoms with Crippen LogP contribution in [0.5, 0.6) is 0 Å². The van der Waals surface area contributed by atoms with Crippen molar-refractivity contribution in [2.75, 3.05) is 0 Å². The largest absolute Gasteiger partial charge is 0.119 e. The minimum Gasteiger partial charge on any atom is -0.119 e. The zero-order valence-electron chi connectivity index (χ0n) is 3.03. The first-order valence-corrected chi connectivity index (χ1v) is 2.29. The van der Waals surface area contributed by atoms with Gasteiger partial charge >= 0.3 is 0 Å². The first kappa shape index (κ1) is 5.04.